The number of carbonyl (C=O) groups is 4. The van der Waals surface area contributed by atoms with Crippen LogP contribution >= 0.6 is 11.6 Å². The maximum atomic E-state index is 12.6. The number of nitrogens with one attached hydrogen (secondary N) is 1. The molecule has 3 aromatic rings. The van der Waals surface area contributed by atoms with Crippen LogP contribution in [0.25, 0.3) is 0 Å². The van der Waals surface area contributed by atoms with Gasteiger partial charge in [-0.1, -0.05) is 35.9 Å². The van der Waals surface area contributed by atoms with E-state index in [0.717, 1.165) is 5.56 Å². The highest BCUT2D eigenvalue weighted by atomic mass is 35.5. The predicted molar refractivity (Wildman–Crippen MR) is 134 cm³/mol. The van der Waals surface area contributed by atoms with Gasteiger partial charge in [0.2, 0.25) is 5.91 Å². The first-order valence-corrected chi connectivity index (χ1v) is 11.9. The number of amides is 4. The first-order valence-electron chi connectivity index (χ1n) is 11.5. The van der Waals surface area contributed by atoms with Crippen LogP contribution in [0.1, 0.15) is 39.1 Å². The van der Waals surface area contributed by atoms with Crippen molar-refractivity contribution >= 4 is 46.6 Å². The van der Waals surface area contributed by atoms with Crippen LogP contribution in [0.2, 0.25) is 5.02 Å². The normalized spacial score (nSPS) is 14.4. The SMILES string of the molecule is O=C(CCCN1C(=O)c2ccccc2C1=O)Nc1ccc2c(c1)N(Cc1ccc(Cl)cc1)C(=O)CO2. The van der Waals surface area contributed by atoms with Crippen molar-refractivity contribution in [1.82, 2.24) is 4.90 Å². The van der Waals surface area contributed by atoms with Crippen molar-refractivity contribution in [2.45, 2.75) is 19.4 Å². The second-order valence-corrected chi connectivity index (χ2v) is 8.97. The molecule has 1 N–H and O–H groups in total. The molecule has 0 aliphatic carbocycles. The van der Waals surface area contributed by atoms with E-state index >= 15 is 0 Å². The lowest BCUT2D eigenvalue weighted by molar-refractivity contribution is -0.121. The van der Waals surface area contributed by atoms with E-state index in [2.05, 4.69) is 5.32 Å². The molecule has 0 saturated heterocycles. The number of anilines is 2. The molecular formula is C27H22ClN3O5. The van der Waals surface area contributed by atoms with Gasteiger partial charge in [0.05, 0.1) is 23.4 Å². The third-order valence-corrected chi connectivity index (χ3v) is 6.36. The van der Waals surface area contributed by atoms with Gasteiger partial charge in [0.1, 0.15) is 5.75 Å². The first kappa shape index (κ1) is 23.6. The van der Waals surface area contributed by atoms with Crippen molar-refractivity contribution in [3.8, 4) is 5.75 Å². The third-order valence-electron chi connectivity index (χ3n) is 6.10. The summed E-state index contributed by atoms with van der Waals surface area (Å²) in [5.74, 6) is -0.583. The molecule has 4 amide bonds. The number of imide groups is 1. The number of rotatable bonds is 7. The molecule has 0 radical (unpaired) electrons. The topological polar surface area (TPSA) is 96.0 Å². The Kier molecular flexibility index (Phi) is 6.43. The van der Waals surface area contributed by atoms with Crippen LogP contribution in [0.5, 0.6) is 5.75 Å². The van der Waals surface area contributed by atoms with E-state index in [-0.39, 0.29) is 43.2 Å². The van der Waals surface area contributed by atoms with Gasteiger partial charge in [-0.15, -0.1) is 0 Å². The van der Waals surface area contributed by atoms with Gasteiger partial charge in [-0.05, 0) is 54.4 Å². The molecule has 0 aromatic heterocycles. The van der Waals surface area contributed by atoms with E-state index in [0.29, 0.717) is 46.2 Å². The molecule has 9 heteroatoms. The Hall–Kier alpha value is -4.17. The van der Waals surface area contributed by atoms with Crippen LogP contribution in [0.15, 0.2) is 66.7 Å². The van der Waals surface area contributed by atoms with E-state index in [1.165, 1.54) is 4.90 Å². The Balaban J connectivity index is 1.21. The summed E-state index contributed by atoms with van der Waals surface area (Å²) in [7, 11) is 0. The van der Waals surface area contributed by atoms with Gasteiger partial charge in [-0.25, -0.2) is 0 Å². The van der Waals surface area contributed by atoms with Crippen molar-refractivity contribution in [3.05, 3.63) is 88.4 Å². The lowest BCUT2D eigenvalue weighted by atomic mass is 10.1. The molecule has 8 nitrogen and oxygen atoms in total. The summed E-state index contributed by atoms with van der Waals surface area (Å²) >= 11 is 5.97. The largest absolute Gasteiger partial charge is 0.482 e. The van der Waals surface area contributed by atoms with Crippen LogP contribution in [0.4, 0.5) is 11.4 Å². The summed E-state index contributed by atoms with van der Waals surface area (Å²) in [5.41, 5.74) is 2.76. The zero-order valence-electron chi connectivity index (χ0n) is 19.2. The highest BCUT2D eigenvalue weighted by molar-refractivity contribution is 6.30. The van der Waals surface area contributed by atoms with Gasteiger partial charge in [0.15, 0.2) is 6.61 Å². The van der Waals surface area contributed by atoms with Gasteiger partial charge in [0, 0.05) is 23.7 Å². The van der Waals surface area contributed by atoms with Crippen LogP contribution < -0.4 is 15.0 Å². The number of hydrogen-bond acceptors (Lipinski definition) is 5. The standard InChI is InChI=1S/C27H22ClN3O5/c28-18-9-7-17(8-10-18)15-31-22-14-19(11-12-23(22)36-16-25(31)33)29-24(32)6-3-13-30-26(34)20-4-1-2-5-21(20)27(30)35/h1-2,4-5,7-12,14H,3,6,13,15-16H2,(H,29,32). The van der Waals surface area contributed by atoms with E-state index in [9.17, 15) is 19.2 Å². The molecule has 2 aliphatic rings. The molecule has 0 saturated carbocycles. The fourth-order valence-electron chi connectivity index (χ4n) is 4.29. The Bertz CT molecular complexity index is 1340. The number of fused-ring (bicyclic) bond motifs is 2. The molecule has 36 heavy (non-hydrogen) atoms. The summed E-state index contributed by atoms with van der Waals surface area (Å²) in [5, 5.41) is 3.44. The zero-order valence-corrected chi connectivity index (χ0v) is 20.0. The average molecular weight is 504 g/mol. The molecule has 0 spiro atoms. The maximum Gasteiger partial charge on any atom is 0.265 e. The van der Waals surface area contributed by atoms with Gasteiger partial charge in [-0.2, -0.15) is 0 Å². The minimum absolute atomic E-state index is 0.0654. The fraction of sp³-hybridized carbons (Fsp3) is 0.185. The third kappa shape index (κ3) is 4.67. The molecule has 3 aromatic carbocycles. The van der Waals surface area contributed by atoms with Gasteiger partial charge >= 0.3 is 0 Å². The summed E-state index contributed by atoms with van der Waals surface area (Å²) in [6.07, 6.45) is 0.445. The molecular weight excluding hydrogens is 482 g/mol. The highest BCUT2D eigenvalue weighted by Crippen LogP contribution is 2.35. The minimum atomic E-state index is -0.337. The summed E-state index contributed by atoms with van der Waals surface area (Å²) in [6, 6.07) is 19.0. The molecule has 2 heterocycles. The number of halogens is 1. The van der Waals surface area contributed by atoms with Crippen LogP contribution in [0.3, 0.4) is 0 Å². The van der Waals surface area contributed by atoms with Crippen molar-refractivity contribution < 1.29 is 23.9 Å². The second kappa shape index (κ2) is 9.83. The summed E-state index contributed by atoms with van der Waals surface area (Å²) in [4.78, 5) is 52.9. The summed E-state index contributed by atoms with van der Waals surface area (Å²) < 4.78 is 5.56. The number of benzene rings is 3. The smallest absolute Gasteiger partial charge is 0.265 e. The fourth-order valence-corrected chi connectivity index (χ4v) is 4.42. The monoisotopic (exact) mass is 503 g/mol. The quantitative estimate of drug-likeness (QED) is 0.485. The summed E-state index contributed by atoms with van der Waals surface area (Å²) in [6.45, 7) is 0.426. The predicted octanol–water partition coefficient (Wildman–Crippen LogP) is 4.28. The minimum Gasteiger partial charge on any atom is -0.482 e. The lowest BCUT2D eigenvalue weighted by Gasteiger charge is -2.30. The van der Waals surface area contributed by atoms with Crippen molar-refractivity contribution in [2.24, 2.45) is 0 Å². The van der Waals surface area contributed by atoms with Crippen LogP contribution in [-0.4, -0.2) is 41.7 Å². The van der Waals surface area contributed by atoms with Crippen molar-refractivity contribution in [1.29, 1.82) is 0 Å². The molecule has 0 atom stereocenters. The maximum absolute atomic E-state index is 12.6. The van der Waals surface area contributed by atoms with Crippen LogP contribution in [0, 0.1) is 0 Å². The zero-order chi connectivity index (χ0) is 25.2. The van der Waals surface area contributed by atoms with E-state index < -0.39 is 0 Å². The van der Waals surface area contributed by atoms with E-state index in [1.807, 2.05) is 12.1 Å². The van der Waals surface area contributed by atoms with E-state index in [1.54, 1.807) is 59.5 Å². The van der Waals surface area contributed by atoms with Gasteiger partial charge < -0.3 is 15.0 Å². The van der Waals surface area contributed by atoms with Gasteiger partial charge in [0.25, 0.3) is 17.7 Å². The van der Waals surface area contributed by atoms with Crippen molar-refractivity contribution in [2.75, 3.05) is 23.4 Å². The molecule has 0 unspecified atom stereocenters. The molecule has 182 valence electrons. The molecule has 0 bridgehead atoms. The Morgan fingerprint density at radius 3 is 2.31 bits per heavy atom. The lowest BCUT2D eigenvalue weighted by Crippen LogP contribution is -2.38. The van der Waals surface area contributed by atoms with E-state index in [4.69, 9.17) is 16.3 Å². The number of hydrogen-bond donors (Lipinski definition) is 1. The Morgan fingerprint density at radius 2 is 1.61 bits per heavy atom. The van der Waals surface area contributed by atoms with Crippen molar-refractivity contribution in [3.63, 3.8) is 0 Å². The first-order chi connectivity index (χ1) is 17.4. The average Bonchev–Trinajstić information content (AvgIpc) is 3.12. The Labute approximate surface area is 212 Å². The highest BCUT2D eigenvalue weighted by Gasteiger charge is 2.34. The van der Waals surface area contributed by atoms with Gasteiger partial charge in [-0.3, -0.25) is 24.1 Å². The number of carbonyl (C=O) groups excluding carboxylic acids is 4. The molecule has 0 fully saturated rings. The second-order valence-electron chi connectivity index (χ2n) is 8.54. The number of ether oxygens (including phenoxy) is 1. The molecule has 5 rings (SSSR count). The van der Waals surface area contributed by atoms with Crippen LogP contribution in [-0.2, 0) is 16.1 Å². The molecule has 2 aliphatic heterocycles. The Morgan fingerprint density at radius 1 is 0.917 bits per heavy atom. The number of nitrogens with zero attached hydrogens (tertiary/aromatic N) is 2.